The summed E-state index contributed by atoms with van der Waals surface area (Å²) in [6.45, 7) is 4.34. The third kappa shape index (κ3) is 5.24. The van der Waals surface area contributed by atoms with Crippen molar-refractivity contribution >= 4 is 42.1 Å². The summed E-state index contributed by atoms with van der Waals surface area (Å²) >= 11 is 1.39. The Labute approximate surface area is 146 Å². The second-order valence-electron chi connectivity index (χ2n) is 4.86. The lowest BCUT2D eigenvalue weighted by Gasteiger charge is -2.06. The van der Waals surface area contributed by atoms with Gasteiger partial charge in [-0.05, 0) is 20.3 Å². The number of rotatable bonds is 5. The van der Waals surface area contributed by atoms with Crippen LogP contribution in [-0.4, -0.2) is 33.3 Å². The Morgan fingerprint density at radius 2 is 2.18 bits per heavy atom. The first-order valence-electron chi connectivity index (χ1n) is 6.47. The lowest BCUT2D eigenvalue weighted by molar-refractivity contribution is 0.0956. The van der Waals surface area contributed by atoms with Crippen molar-refractivity contribution in [1.82, 2.24) is 20.1 Å². The van der Waals surface area contributed by atoms with E-state index < -0.39 is 0 Å². The highest BCUT2D eigenvalue weighted by Gasteiger charge is 2.16. The van der Waals surface area contributed by atoms with Crippen LogP contribution in [0.2, 0.25) is 0 Å². The van der Waals surface area contributed by atoms with E-state index >= 15 is 0 Å². The molecule has 1 atom stereocenters. The molecule has 0 bridgehead atoms. The van der Waals surface area contributed by atoms with Gasteiger partial charge in [-0.15, -0.1) is 36.2 Å². The van der Waals surface area contributed by atoms with E-state index in [1.807, 2.05) is 27.1 Å². The van der Waals surface area contributed by atoms with Crippen LogP contribution in [0.25, 0.3) is 10.6 Å². The predicted molar refractivity (Wildman–Crippen MR) is 94.1 cm³/mol. The lowest BCUT2D eigenvalue weighted by atomic mass is 10.2. The Bertz CT molecular complexity index is 611. The summed E-state index contributed by atoms with van der Waals surface area (Å²) < 4.78 is 1.72. The number of aromatic nitrogens is 3. The highest BCUT2D eigenvalue weighted by atomic mass is 35.5. The van der Waals surface area contributed by atoms with Gasteiger partial charge < -0.3 is 11.1 Å². The van der Waals surface area contributed by atoms with Crippen LogP contribution < -0.4 is 11.1 Å². The lowest BCUT2D eigenvalue weighted by Crippen LogP contribution is -2.28. The van der Waals surface area contributed by atoms with E-state index in [9.17, 15) is 4.79 Å². The van der Waals surface area contributed by atoms with Gasteiger partial charge >= 0.3 is 0 Å². The van der Waals surface area contributed by atoms with Crippen LogP contribution in [0.5, 0.6) is 0 Å². The maximum absolute atomic E-state index is 12.1. The van der Waals surface area contributed by atoms with E-state index in [0.29, 0.717) is 11.4 Å². The molecule has 6 nitrogen and oxygen atoms in total. The molecule has 1 unspecified atom stereocenters. The molecule has 0 aliphatic rings. The summed E-state index contributed by atoms with van der Waals surface area (Å²) in [6, 6.07) is 0.0869. The van der Waals surface area contributed by atoms with Gasteiger partial charge in [-0.1, -0.05) is 0 Å². The van der Waals surface area contributed by atoms with Gasteiger partial charge in [0.1, 0.15) is 9.88 Å². The smallest absolute Gasteiger partial charge is 0.263 e. The zero-order valence-electron chi connectivity index (χ0n) is 12.7. The number of nitrogens with one attached hydrogen (secondary N) is 1. The van der Waals surface area contributed by atoms with Crippen LogP contribution in [0.1, 0.15) is 28.7 Å². The number of amides is 1. The van der Waals surface area contributed by atoms with Crippen LogP contribution in [0.15, 0.2) is 12.4 Å². The maximum atomic E-state index is 12.1. The summed E-state index contributed by atoms with van der Waals surface area (Å²) in [5.74, 6) is -0.0872. The summed E-state index contributed by atoms with van der Waals surface area (Å²) in [4.78, 5) is 17.2. The van der Waals surface area contributed by atoms with Crippen molar-refractivity contribution in [2.45, 2.75) is 26.3 Å². The highest BCUT2D eigenvalue weighted by molar-refractivity contribution is 7.17. The Hall–Kier alpha value is -1.15. The fourth-order valence-corrected chi connectivity index (χ4v) is 2.71. The molecule has 0 spiro atoms. The topological polar surface area (TPSA) is 85.8 Å². The number of halogens is 2. The summed E-state index contributed by atoms with van der Waals surface area (Å²) in [7, 11) is 1.85. The fraction of sp³-hybridized carbons (Fsp3) is 0.462. The largest absolute Gasteiger partial charge is 0.351 e. The minimum atomic E-state index is -0.0872. The van der Waals surface area contributed by atoms with Gasteiger partial charge in [-0.25, -0.2) is 4.98 Å². The van der Waals surface area contributed by atoms with Crippen molar-refractivity contribution in [3.8, 4) is 10.6 Å². The van der Waals surface area contributed by atoms with Crippen LogP contribution in [0, 0.1) is 6.92 Å². The Morgan fingerprint density at radius 1 is 1.50 bits per heavy atom. The standard InChI is InChI=1S/C13H19N5OS.2ClH/c1-8(14)4-5-15-12(19)11-9(2)17-13(20-11)10-6-16-18(3)7-10;;/h6-8H,4-5,14H2,1-3H3,(H,15,19);2*1H. The molecule has 0 aliphatic heterocycles. The first-order chi connectivity index (χ1) is 9.47. The van der Waals surface area contributed by atoms with Crippen molar-refractivity contribution in [3.63, 3.8) is 0 Å². The predicted octanol–water partition coefficient (Wildman–Crippen LogP) is 2.16. The molecule has 1 amide bonds. The van der Waals surface area contributed by atoms with Gasteiger partial charge in [0, 0.05) is 31.4 Å². The molecule has 0 saturated heterocycles. The minimum absolute atomic E-state index is 0. The average molecular weight is 366 g/mol. The molecule has 0 radical (unpaired) electrons. The Morgan fingerprint density at radius 3 is 2.73 bits per heavy atom. The molecule has 3 N–H and O–H groups in total. The minimum Gasteiger partial charge on any atom is -0.351 e. The van der Waals surface area contributed by atoms with Crippen molar-refractivity contribution in [3.05, 3.63) is 23.0 Å². The quantitative estimate of drug-likeness (QED) is 0.849. The molecule has 2 rings (SSSR count). The molecular weight excluding hydrogens is 345 g/mol. The van der Waals surface area contributed by atoms with Crippen molar-refractivity contribution in [1.29, 1.82) is 0 Å². The molecule has 124 valence electrons. The van der Waals surface area contributed by atoms with Gasteiger partial charge in [-0.3, -0.25) is 9.48 Å². The van der Waals surface area contributed by atoms with Crippen LogP contribution in [0.4, 0.5) is 0 Å². The SMILES string of the molecule is Cc1nc(-c2cnn(C)c2)sc1C(=O)NCCC(C)N.Cl.Cl. The van der Waals surface area contributed by atoms with Gasteiger partial charge in [0.2, 0.25) is 0 Å². The molecular formula is C13H21Cl2N5OS. The fourth-order valence-electron chi connectivity index (χ4n) is 1.76. The number of hydrogen-bond donors (Lipinski definition) is 2. The van der Waals surface area contributed by atoms with Crippen molar-refractivity contribution in [2.75, 3.05) is 6.54 Å². The number of aryl methyl sites for hydroxylation is 2. The number of thiazole rings is 1. The normalized spacial score (nSPS) is 11.3. The zero-order valence-corrected chi connectivity index (χ0v) is 15.1. The molecule has 2 aromatic rings. The molecule has 2 aromatic heterocycles. The van der Waals surface area contributed by atoms with Gasteiger partial charge in [-0.2, -0.15) is 5.10 Å². The van der Waals surface area contributed by atoms with E-state index in [1.54, 1.807) is 10.9 Å². The molecule has 0 saturated carbocycles. The molecule has 0 aromatic carbocycles. The number of nitrogens with zero attached hydrogens (tertiary/aromatic N) is 3. The monoisotopic (exact) mass is 365 g/mol. The first-order valence-corrected chi connectivity index (χ1v) is 7.29. The summed E-state index contributed by atoms with van der Waals surface area (Å²) in [6.07, 6.45) is 4.39. The van der Waals surface area contributed by atoms with E-state index in [2.05, 4.69) is 15.4 Å². The van der Waals surface area contributed by atoms with Gasteiger partial charge in [0.25, 0.3) is 5.91 Å². The zero-order chi connectivity index (χ0) is 14.7. The number of hydrogen-bond acceptors (Lipinski definition) is 5. The molecule has 0 aliphatic carbocycles. The van der Waals surface area contributed by atoms with Gasteiger partial charge in [0.05, 0.1) is 11.9 Å². The van der Waals surface area contributed by atoms with Crippen molar-refractivity contribution < 1.29 is 4.79 Å². The van der Waals surface area contributed by atoms with Crippen LogP contribution >= 0.6 is 36.2 Å². The highest BCUT2D eigenvalue weighted by Crippen LogP contribution is 2.27. The third-order valence-electron chi connectivity index (χ3n) is 2.84. The number of carbonyl (C=O) groups excluding carboxylic acids is 1. The Balaban J connectivity index is 0.00000220. The molecule has 0 fully saturated rings. The van der Waals surface area contributed by atoms with Crippen LogP contribution in [-0.2, 0) is 7.05 Å². The second-order valence-corrected chi connectivity index (χ2v) is 5.86. The third-order valence-corrected chi connectivity index (χ3v) is 4.05. The number of carbonyl (C=O) groups is 1. The first kappa shape index (κ1) is 20.9. The molecule has 2 heterocycles. The number of nitrogens with two attached hydrogens (primary N) is 1. The summed E-state index contributed by atoms with van der Waals surface area (Å²) in [5, 5.41) is 7.80. The van der Waals surface area contributed by atoms with E-state index in [4.69, 9.17) is 5.73 Å². The molecule has 22 heavy (non-hydrogen) atoms. The molecule has 9 heteroatoms. The van der Waals surface area contributed by atoms with Crippen molar-refractivity contribution in [2.24, 2.45) is 12.8 Å². The maximum Gasteiger partial charge on any atom is 0.263 e. The van der Waals surface area contributed by atoms with Crippen LogP contribution in [0.3, 0.4) is 0 Å². The Kier molecular flexibility index (Phi) is 8.62. The van der Waals surface area contributed by atoms with E-state index in [0.717, 1.165) is 22.7 Å². The van der Waals surface area contributed by atoms with E-state index in [1.165, 1.54) is 11.3 Å². The van der Waals surface area contributed by atoms with Gasteiger partial charge in [0.15, 0.2) is 0 Å². The average Bonchev–Trinajstić information content (AvgIpc) is 2.95. The second kappa shape index (κ2) is 9.09. The summed E-state index contributed by atoms with van der Waals surface area (Å²) in [5.41, 5.74) is 7.33. The van der Waals surface area contributed by atoms with E-state index in [-0.39, 0.29) is 36.8 Å².